The van der Waals surface area contributed by atoms with Gasteiger partial charge in [-0.25, -0.2) is 0 Å². The monoisotopic (exact) mass is 374 g/mol. The lowest BCUT2D eigenvalue weighted by atomic mass is 10.1. The van der Waals surface area contributed by atoms with Crippen LogP contribution in [0.25, 0.3) is 11.7 Å². The van der Waals surface area contributed by atoms with Crippen LogP contribution in [0.5, 0.6) is 17.2 Å². The molecule has 2 heterocycles. The summed E-state index contributed by atoms with van der Waals surface area (Å²) in [7, 11) is 4.52. The van der Waals surface area contributed by atoms with E-state index in [0.29, 0.717) is 28.6 Å². The number of furan rings is 1. The molecule has 0 fully saturated rings. The topological polar surface area (TPSA) is 106 Å². The summed E-state index contributed by atoms with van der Waals surface area (Å²) in [6.45, 7) is -0.142. The lowest BCUT2D eigenvalue weighted by molar-refractivity contribution is -0.144. The SMILES string of the molecule is COc1cc(CC(=O)OCc2nnc(-c3ccco3)o2)cc(OC)c1OC. The quantitative estimate of drug-likeness (QED) is 0.550. The van der Waals surface area contributed by atoms with Crippen molar-refractivity contribution in [1.29, 1.82) is 0 Å². The Kier molecular flexibility index (Phi) is 5.60. The highest BCUT2D eigenvalue weighted by molar-refractivity contribution is 5.73. The fourth-order valence-corrected chi connectivity index (χ4v) is 2.41. The highest BCUT2D eigenvalue weighted by Crippen LogP contribution is 2.38. The first-order valence-corrected chi connectivity index (χ1v) is 7.95. The molecule has 142 valence electrons. The van der Waals surface area contributed by atoms with Gasteiger partial charge in [0.05, 0.1) is 34.0 Å². The Morgan fingerprint density at radius 1 is 1.07 bits per heavy atom. The van der Waals surface area contributed by atoms with Crippen molar-refractivity contribution in [2.75, 3.05) is 21.3 Å². The van der Waals surface area contributed by atoms with Gasteiger partial charge < -0.3 is 27.8 Å². The molecular weight excluding hydrogens is 356 g/mol. The molecule has 9 nitrogen and oxygen atoms in total. The van der Waals surface area contributed by atoms with Crippen LogP contribution in [0.15, 0.2) is 39.4 Å². The van der Waals surface area contributed by atoms with Crippen LogP contribution in [0, 0.1) is 0 Å². The summed E-state index contributed by atoms with van der Waals surface area (Å²) >= 11 is 0. The number of methoxy groups -OCH3 is 3. The molecule has 0 N–H and O–H groups in total. The third-order valence-electron chi connectivity index (χ3n) is 3.63. The standard InChI is InChI=1S/C18H18N2O7/c1-22-13-7-11(8-14(23-2)17(13)24-3)9-16(21)26-10-15-19-20-18(27-15)12-5-4-6-25-12/h4-8H,9-10H2,1-3H3. The van der Waals surface area contributed by atoms with Gasteiger partial charge >= 0.3 is 5.97 Å². The maximum absolute atomic E-state index is 12.1. The van der Waals surface area contributed by atoms with Crippen molar-refractivity contribution < 1.29 is 32.6 Å². The number of carbonyl (C=O) groups excluding carboxylic acids is 1. The fourth-order valence-electron chi connectivity index (χ4n) is 2.41. The Morgan fingerprint density at radius 3 is 2.41 bits per heavy atom. The van der Waals surface area contributed by atoms with Crippen LogP contribution in [-0.2, 0) is 22.6 Å². The zero-order valence-corrected chi connectivity index (χ0v) is 15.1. The van der Waals surface area contributed by atoms with Crippen LogP contribution in [0.2, 0.25) is 0 Å². The summed E-state index contributed by atoms with van der Waals surface area (Å²) in [6, 6.07) is 6.76. The number of carbonyl (C=O) groups is 1. The smallest absolute Gasteiger partial charge is 0.310 e. The van der Waals surface area contributed by atoms with Crippen molar-refractivity contribution in [2.24, 2.45) is 0 Å². The Morgan fingerprint density at radius 2 is 1.81 bits per heavy atom. The molecule has 0 spiro atoms. The predicted molar refractivity (Wildman–Crippen MR) is 91.6 cm³/mol. The van der Waals surface area contributed by atoms with E-state index in [1.54, 1.807) is 24.3 Å². The molecule has 0 saturated heterocycles. The molecule has 0 amide bonds. The van der Waals surface area contributed by atoms with Gasteiger partial charge in [0, 0.05) is 0 Å². The van der Waals surface area contributed by atoms with Crippen molar-refractivity contribution in [3.05, 3.63) is 42.0 Å². The van der Waals surface area contributed by atoms with Gasteiger partial charge in [0.25, 0.3) is 11.8 Å². The molecule has 27 heavy (non-hydrogen) atoms. The Bertz CT molecular complexity index is 877. The van der Waals surface area contributed by atoms with Crippen molar-refractivity contribution in [3.63, 3.8) is 0 Å². The minimum Gasteiger partial charge on any atom is -0.493 e. The van der Waals surface area contributed by atoms with E-state index in [9.17, 15) is 4.79 Å². The molecule has 0 unspecified atom stereocenters. The first-order valence-electron chi connectivity index (χ1n) is 7.95. The van der Waals surface area contributed by atoms with E-state index in [4.69, 9.17) is 27.8 Å². The molecule has 3 aromatic rings. The maximum Gasteiger partial charge on any atom is 0.310 e. The molecule has 0 aliphatic carbocycles. The van der Waals surface area contributed by atoms with E-state index >= 15 is 0 Å². The number of nitrogens with zero attached hydrogens (tertiary/aromatic N) is 2. The second kappa shape index (κ2) is 8.26. The molecule has 0 bridgehead atoms. The van der Waals surface area contributed by atoms with Gasteiger partial charge in [0.1, 0.15) is 0 Å². The molecule has 0 aliphatic heterocycles. The average molecular weight is 374 g/mol. The first kappa shape index (κ1) is 18.3. The Balaban J connectivity index is 1.62. The zero-order valence-electron chi connectivity index (χ0n) is 15.1. The van der Waals surface area contributed by atoms with E-state index in [-0.39, 0.29) is 24.8 Å². The van der Waals surface area contributed by atoms with Gasteiger partial charge in [-0.1, -0.05) is 0 Å². The second-order valence-corrected chi connectivity index (χ2v) is 5.35. The Labute approximate surface area is 154 Å². The average Bonchev–Trinajstić information content (AvgIpc) is 3.37. The molecule has 1 aromatic carbocycles. The number of rotatable bonds is 8. The Hall–Kier alpha value is -3.49. The van der Waals surface area contributed by atoms with Crippen LogP contribution in [0.1, 0.15) is 11.5 Å². The second-order valence-electron chi connectivity index (χ2n) is 5.35. The number of hydrogen-bond acceptors (Lipinski definition) is 9. The lowest BCUT2D eigenvalue weighted by Crippen LogP contribution is -2.09. The molecule has 0 saturated carbocycles. The zero-order chi connectivity index (χ0) is 19.2. The molecule has 3 rings (SSSR count). The largest absolute Gasteiger partial charge is 0.493 e. The van der Waals surface area contributed by atoms with Gasteiger partial charge in [0.2, 0.25) is 5.75 Å². The van der Waals surface area contributed by atoms with Gasteiger partial charge in [-0.3, -0.25) is 4.79 Å². The number of esters is 1. The lowest BCUT2D eigenvalue weighted by Gasteiger charge is -2.13. The summed E-state index contributed by atoms with van der Waals surface area (Å²) in [6.07, 6.45) is 1.51. The van der Waals surface area contributed by atoms with Crippen molar-refractivity contribution in [2.45, 2.75) is 13.0 Å². The van der Waals surface area contributed by atoms with Gasteiger partial charge in [-0.2, -0.15) is 0 Å². The third kappa shape index (κ3) is 4.20. The molecule has 0 atom stereocenters. The van der Waals surface area contributed by atoms with E-state index in [1.165, 1.54) is 27.6 Å². The van der Waals surface area contributed by atoms with Crippen molar-refractivity contribution in [3.8, 4) is 28.9 Å². The highest BCUT2D eigenvalue weighted by Gasteiger charge is 2.17. The summed E-state index contributed by atoms with van der Waals surface area (Å²) < 4.78 is 31.5. The summed E-state index contributed by atoms with van der Waals surface area (Å²) in [4.78, 5) is 12.1. The van der Waals surface area contributed by atoms with Gasteiger partial charge in [-0.05, 0) is 29.8 Å². The predicted octanol–water partition coefficient (Wildman–Crippen LogP) is 2.64. The van der Waals surface area contributed by atoms with E-state index < -0.39 is 5.97 Å². The number of benzene rings is 1. The molecule has 2 aromatic heterocycles. The molecular formula is C18H18N2O7. The molecule has 0 radical (unpaired) electrons. The highest BCUT2D eigenvalue weighted by atomic mass is 16.5. The number of aromatic nitrogens is 2. The molecule has 0 aliphatic rings. The normalized spacial score (nSPS) is 10.5. The third-order valence-corrected chi connectivity index (χ3v) is 3.63. The number of ether oxygens (including phenoxy) is 4. The van der Waals surface area contributed by atoms with Crippen LogP contribution < -0.4 is 14.2 Å². The van der Waals surface area contributed by atoms with E-state index in [1.807, 2.05) is 0 Å². The summed E-state index contributed by atoms with van der Waals surface area (Å²) in [5.74, 6) is 1.72. The molecule has 9 heteroatoms. The van der Waals surface area contributed by atoms with Crippen LogP contribution in [-0.4, -0.2) is 37.5 Å². The van der Waals surface area contributed by atoms with Crippen LogP contribution >= 0.6 is 0 Å². The van der Waals surface area contributed by atoms with Crippen molar-refractivity contribution in [1.82, 2.24) is 10.2 Å². The van der Waals surface area contributed by atoms with E-state index in [2.05, 4.69) is 10.2 Å². The summed E-state index contributed by atoms with van der Waals surface area (Å²) in [5.41, 5.74) is 0.649. The van der Waals surface area contributed by atoms with Gasteiger partial charge in [-0.15, -0.1) is 10.2 Å². The maximum atomic E-state index is 12.1. The fraction of sp³-hybridized carbons (Fsp3) is 0.278. The van der Waals surface area contributed by atoms with Crippen LogP contribution in [0.4, 0.5) is 0 Å². The minimum absolute atomic E-state index is 0.00981. The van der Waals surface area contributed by atoms with Gasteiger partial charge in [0.15, 0.2) is 23.9 Å². The first-order chi connectivity index (χ1) is 13.1. The van der Waals surface area contributed by atoms with E-state index in [0.717, 1.165) is 0 Å². The summed E-state index contributed by atoms with van der Waals surface area (Å²) in [5, 5.41) is 7.65. The number of hydrogen-bond donors (Lipinski definition) is 0. The van der Waals surface area contributed by atoms with Crippen LogP contribution in [0.3, 0.4) is 0 Å². The minimum atomic E-state index is -0.470. The van der Waals surface area contributed by atoms with Crippen molar-refractivity contribution >= 4 is 5.97 Å².